The molecule has 0 bridgehead atoms. The highest BCUT2D eigenvalue weighted by Gasteiger charge is 2.09. The van der Waals surface area contributed by atoms with Crippen LogP contribution in [-0.2, 0) is 22.7 Å². The van der Waals surface area contributed by atoms with E-state index in [1.807, 2.05) is 18.2 Å². The van der Waals surface area contributed by atoms with Crippen molar-refractivity contribution in [3.05, 3.63) is 72.1 Å². The average Bonchev–Trinajstić information content (AvgIpc) is 3.33. The Balaban J connectivity index is 1.39. The number of hydrogen-bond donors (Lipinski definition) is 2. The van der Waals surface area contributed by atoms with E-state index in [-0.39, 0.29) is 24.1 Å². The molecule has 3 aromatic rings. The van der Waals surface area contributed by atoms with Crippen molar-refractivity contribution in [2.24, 2.45) is 0 Å². The maximum atomic E-state index is 12.2. The fraction of sp³-hybridized carbons (Fsp3) is 0.280. The summed E-state index contributed by atoms with van der Waals surface area (Å²) in [5, 5.41) is 9.71. The van der Waals surface area contributed by atoms with Crippen molar-refractivity contribution in [3.63, 3.8) is 0 Å². The third-order valence-corrected chi connectivity index (χ3v) is 4.94. The fourth-order valence-electron chi connectivity index (χ4n) is 3.21. The molecular formula is C25H28N4O5. The first-order valence-corrected chi connectivity index (χ1v) is 10.9. The number of carbonyl (C=O) groups excluding carboxylic acids is 3. The molecule has 9 nitrogen and oxygen atoms in total. The molecule has 34 heavy (non-hydrogen) atoms. The lowest BCUT2D eigenvalue weighted by atomic mass is 10.1. The van der Waals surface area contributed by atoms with Gasteiger partial charge in [0.2, 0.25) is 11.8 Å². The van der Waals surface area contributed by atoms with Gasteiger partial charge in [-0.1, -0.05) is 12.1 Å². The van der Waals surface area contributed by atoms with Crippen LogP contribution in [-0.4, -0.2) is 41.1 Å². The molecule has 0 aliphatic carbocycles. The first-order chi connectivity index (χ1) is 16.4. The summed E-state index contributed by atoms with van der Waals surface area (Å²) in [5.41, 5.74) is 2.07. The first-order valence-electron chi connectivity index (χ1n) is 10.9. The van der Waals surface area contributed by atoms with E-state index in [0.717, 1.165) is 5.56 Å². The summed E-state index contributed by atoms with van der Waals surface area (Å²) >= 11 is 0. The zero-order chi connectivity index (χ0) is 24.3. The summed E-state index contributed by atoms with van der Waals surface area (Å²) in [5.74, 6) is 0.671. The number of carbonyl (C=O) groups is 3. The van der Waals surface area contributed by atoms with Crippen LogP contribution in [0, 0.1) is 0 Å². The van der Waals surface area contributed by atoms with Gasteiger partial charge in [0.15, 0.2) is 17.3 Å². The van der Waals surface area contributed by atoms with Gasteiger partial charge in [0.25, 0.3) is 0 Å². The van der Waals surface area contributed by atoms with Crippen LogP contribution in [0.2, 0.25) is 0 Å². The fourth-order valence-corrected chi connectivity index (χ4v) is 3.21. The SMILES string of the molecule is COc1cc(C(C)=O)ccc1OCCCC(=O)NCc1cccc(NC(=O)Cn2cccn2)c1. The van der Waals surface area contributed by atoms with Gasteiger partial charge in [-0.15, -0.1) is 0 Å². The van der Waals surface area contributed by atoms with Crippen LogP contribution in [0.4, 0.5) is 5.69 Å². The number of anilines is 1. The minimum atomic E-state index is -0.183. The van der Waals surface area contributed by atoms with E-state index < -0.39 is 0 Å². The zero-order valence-corrected chi connectivity index (χ0v) is 19.2. The summed E-state index contributed by atoms with van der Waals surface area (Å²) in [4.78, 5) is 35.8. The molecular weight excluding hydrogens is 436 g/mol. The third-order valence-electron chi connectivity index (χ3n) is 4.94. The molecule has 2 amide bonds. The number of nitrogens with zero attached hydrogens (tertiary/aromatic N) is 2. The van der Waals surface area contributed by atoms with Gasteiger partial charge in [-0.25, -0.2) is 0 Å². The van der Waals surface area contributed by atoms with Crippen molar-refractivity contribution in [2.75, 3.05) is 19.0 Å². The van der Waals surface area contributed by atoms with Gasteiger partial charge in [0.1, 0.15) is 6.54 Å². The van der Waals surface area contributed by atoms with Crippen LogP contribution in [0.5, 0.6) is 11.5 Å². The Kier molecular flexibility index (Phi) is 8.79. The van der Waals surface area contributed by atoms with Crippen molar-refractivity contribution >= 4 is 23.3 Å². The number of aromatic nitrogens is 2. The molecule has 0 atom stereocenters. The molecule has 3 rings (SSSR count). The van der Waals surface area contributed by atoms with Crippen molar-refractivity contribution in [1.82, 2.24) is 15.1 Å². The molecule has 0 aliphatic heterocycles. The second kappa shape index (κ2) is 12.2. The van der Waals surface area contributed by atoms with E-state index in [9.17, 15) is 14.4 Å². The largest absolute Gasteiger partial charge is 0.493 e. The lowest BCUT2D eigenvalue weighted by Gasteiger charge is -2.12. The highest BCUT2D eigenvalue weighted by Crippen LogP contribution is 2.28. The number of rotatable bonds is 12. The molecule has 0 unspecified atom stereocenters. The summed E-state index contributed by atoms with van der Waals surface area (Å²) in [6.07, 6.45) is 4.16. The molecule has 0 aliphatic rings. The van der Waals surface area contributed by atoms with Crippen LogP contribution in [0.1, 0.15) is 35.7 Å². The maximum Gasteiger partial charge on any atom is 0.246 e. The van der Waals surface area contributed by atoms with Crippen molar-refractivity contribution < 1.29 is 23.9 Å². The number of benzene rings is 2. The molecule has 0 fully saturated rings. The standard InChI is InChI=1S/C25H28N4O5/c1-18(30)20-9-10-22(23(15-20)33-2)34-13-4-8-24(31)26-16-19-6-3-7-21(14-19)28-25(32)17-29-12-5-11-27-29/h3,5-7,9-12,14-15H,4,8,13,16-17H2,1-2H3,(H,26,31)(H,28,32). The normalized spacial score (nSPS) is 10.4. The number of nitrogens with one attached hydrogen (secondary N) is 2. The summed E-state index contributed by atoms with van der Waals surface area (Å²) in [6.45, 7) is 2.30. The monoisotopic (exact) mass is 464 g/mol. The predicted octanol–water partition coefficient (Wildman–Crippen LogP) is 3.21. The van der Waals surface area contributed by atoms with E-state index in [1.165, 1.54) is 14.0 Å². The molecule has 0 spiro atoms. The van der Waals surface area contributed by atoms with Crippen LogP contribution >= 0.6 is 0 Å². The van der Waals surface area contributed by atoms with E-state index in [1.54, 1.807) is 47.4 Å². The molecule has 178 valence electrons. The highest BCUT2D eigenvalue weighted by atomic mass is 16.5. The van der Waals surface area contributed by atoms with Gasteiger partial charge < -0.3 is 20.1 Å². The van der Waals surface area contributed by atoms with Crippen LogP contribution in [0.15, 0.2) is 60.9 Å². The molecule has 2 N–H and O–H groups in total. The van der Waals surface area contributed by atoms with Gasteiger partial charge in [0, 0.05) is 36.6 Å². The number of amides is 2. The second-order valence-corrected chi connectivity index (χ2v) is 7.60. The van der Waals surface area contributed by atoms with Gasteiger partial charge in [-0.05, 0) is 55.3 Å². The minimum absolute atomic E-state index is 0.0522. The zero-order valence-electron chi connectivity index (χ0n) is 19.2. The summed E-state index contributed by atoms with van der Waals surface area (Å²) in [6, 6.07) is 14.1. The average molecular weight is 465 g/mol. The number of hydrogen-bond acceptors (Lipinski definition) is 6. The Labute approximate surface area is 198 Å². The van der Waals surface area contributed by atoms with Crippen molar-refractivity contribution in [2.45, 2.75) is 32.9 Å². The van der Waals surface area contributed by atoms with E-state index in [4.69, 9.17) is 9.47 Å². The van der Waals surface area contributed by atoms with Gasteiger partial charge in [-0.2, -0.15) is 5.10 Å². The summed E-state index contributed by atoms with van der Waals surface area (Å²) < 4.78 is 12.5. The van der Waals surface area contributed by atoms with E-state index in [0.29, 0.717) is 48.7 Å². The molecule has 1 heterocycles. The number of ketones is 1. The molecule has 0 radical (unpaired) electrons. The Morgan fingerprint density at radius 2 is 1.88 bits per heavy atom. The van der Waals surface area contributed by atoms with Crippen molar-refractivity contribution in [3.8, 4) is 11.5 Å². The van der Waals surface area contributed by atoms with E-state index >= 15 is 0 Å². The molecule has 0 saturated carbocycles. The quantitative estimate of drug-likeness (QED) is 0.315. The molecule has 1 aromatic heterocycles. The number of methoxy groups -OCH3 is 1. The Bertz CT molecular complexity index is 1130. The maximum absolute atomic E-state index is 12.2. The lowest BCUT2D eigenvalue weighted by Crippen LogP contribution is -2.23. The lowest BCUT2D eigenvalue weighted by molar-refractivity contribution is -0.121. The smallest absolute Gasteiger partial charge is 0.246 e. The Morgan fingerprint density at radius 3 is 2.62 bits per heavy atom. The van der Waals surface area contributed by atoms with Crippen LogP contribution < -0.4 is 20.1 Å². The van der Waals surface area contributed by atoms with Crippen LogP contribution in [0.25, 0.3) is 0 Å². The molecule has 9 heteroatoms. The summed E-state index contributed by atoms with van der Waals surface area (Å²) in [7, 11) is 1.51. The Hall–Kier alpha value is -4.14. The van der Waals surface area contributed by atoms with Gasteiger partial charge in [-0.3, -0.25) is 19.1 Å². The number of ether oxygens (including phenoxy) is 2. The van der Waals surface area contributed by atoms with Gasteiger partial charge >= 0.3 is 0 Å². The second-order valence-electron chi connectivity index (χ2n) is 7.60. The van der Waals surface area contributed by atoms with Crippen molar-refractivity contribution in [1.29, 1.82) is 0 Å². The van der Waals surface area contributed by atoms with E-state index in [2.05, 4.69) is 15.7 Å². The molecule has 2 aromatic carbocycles. The van der Waals surface area contributed by atoms with Crippen LogP contribution in [0.3, 0.4) is 0 Å². The number of Topliss-reactive ketones (excluding diaryl/α,β-unsaturated/α-hetero) is 1. The minimum Gasteiger partial charge on any atom is -0.493 e. The third kappa shape index (κ3) is 7.47. The Morgan fingerprint density at radius 1 is 1.03 bits per heavy atom. The molecule has 0 saturated heterocycles. The van der Waals surface area contributed by atoms with Gasteiger partial charge in [0.05, 0.1) is 13.7 Å². The highest BCUT2D eigenvalue weighted by molar-refractivity contribution is 5.94. The first kappa shape index (κ1) is 24.5. The topological polar surface area (TPSA) is 112 Å². The predicted molar refractivity (Wildman–Crippen MR) is 127 cm³/mol.